The Morgan fingerprint density at radius 3 is 3.00 bits per heavy atom. The molecule has 4 nitrogen and oxygen atoms in total. The summed E-state index contributed by atoms with van der Waals surface area (Å²) < 4.78 is 11.2. The molecule has 1 amide bonds. The highest BCUT2D eigenvalue weighted by Crippen LogP contribution is 2.19. The third-order valence-electron chi connectivity index (χ3n) is 3.83. The lowest BCUT2D eigenvalue weighted by atomic mass is 10.1. The van der Waals surface area contributed by atoms with Crippen molar-refractivity contribution in [2.75, 3.05) is 19.8 Å². The smallest absolute Gasteiger partial charge is 0.249 e. The molecule has 1 N–H and O–H groups in total. The summed E-state index contributed by atoms with van der Waals surface area (Å²) in [5.74, 6) is 1.00. The molecule has 2 rings (SSSR count). The Hall–Kier alpha value is -1.55. The van der Waals surface area contributed by atoms with Gasteiger partial charge in [-0.15, -0.1) is 0 Å². The molecule has 1 aliphatic heterocycles. The predicted molar refractivity (Wildman–Crippen MR) is 87.1 cm³/mol. The number of amides is 1. The van der Waals surface area contributed by atoms with Crippen molar-refractivity contribution in [2.24, 2.45) is 0 Å². The van der Waals surface area contributed by atoms with E-state index in [-0.39, 0.29) is 12.0 Å². The molecule has 1 aliphatic rings. The first kappa shape index (κ1) is 16.8. The van der Waals surface area contributed by atoms with Gasteiger partial charge in [-0.25, -0.2) is 0 Å². The van der Waals surface area contributed by atoms with E-state index in [9.17, 15) is 4.79 Å². The number of hydrogen-bond acceptors (Lipinski definition) is 3. The van der Waals surface area contributed by atoms with Crippen molar-refractivity contribution in [1.29, 1.82) is 0 Å². The predicted octanol–water partition coefficient (Wildman–Crippen LogP) is 3.09. The molecule has 0 unspecified atom stereocenters. The van der Waals surface area contributed by atoms with Gasteiger partial charge in [0.2, 0.25) is 5.91 Å². The zero-order valence-electron chi connectivity index (χ0n) is 13.5. The first-order valence-electron chi connectivity index (χ1n) is 8.41. The molecule has 1 heterocycles. The fourth-order valence-electron chi connectivity index (χ4n) is 2.61. The SMILES string of the molecule is CCCOc1ccccc1CCCNC(=O)[C@@H]1CCCCO1. The van der Waals surface area contributed by atoms with E-state index >= 15 is 0 Å². The van der Waals surface area contributed by atoms with E-state index < -0.39 is 0 Å². The zero-order chi connectivity index (χ0) is 15.6. The molecule has 1 aromatic carbocycles. The standard InChI is InChI=1S/C18H27NO3/c1-2-13-21-16-10-4-3-8-15(16)9-7-12-19-18(20)17-11-5-6-14-22-17/h3-4,8,10,17H,2,5-7,9,11-14H2,1H3,(H,19,20)/t17-/m0/s1. The lowest BCUT2D eigenvalue weighted by Crippen LogP contribution is -2.38. The van der Waals surface area contributed by atoms with Gasteiger partial charge in [-0.1, -0.05) is 25.1 Å². The van der Waals surface area contributed by atoms with Gasteiger partial charge in [0.15, 0.2) is 0 Å². The van der Waals surface area contributed by atoms with Crippen LogP contribution in [0, 0.1) is 0 Å². The summed E-state index contributed by atoms with van der Waals surface area (Å²) in [6.45, 7) is 4.24. The molecule has 0 spiro atoms. The van der Waals surface area contributed by atoms with Crippen molar-refractivity contribution in [2.45, 2.75) is 51.6 Å². The van der Waals surface area contributed by atoms with Crippen molar-refractivity contribution in [3.8, 4) is 5.75 Å². The Morgan fingerprint density at radius 2 is 2.23 bits per heavy atom. The number of para-hydroxylation sites is 1. The fraction of sp³-hybridized carbons (Fsp3) is 0.611. The van der Waals surface area contributed by atoms with Crippen LogP contribution < -0.4 is 10.1 Å². The molecular formula is C18H27NO3. The summed E-state index contributed by atoms with van der Waals surface area (Å²) in [7, 11) is 0. The molecule has 0 radical (unpaired) electrons. The molecule has 0 aliphatic carbocycles. The molecule has 122 valence electrons. The monoisotopic (exact) mass is 305 g/mol. The summed E-state index contributed by atoms with van der Waals surface area (Å²) in [5, 5.41) is 2.98. The minimum Gasteiger partial charge on any atom is -0.493 e. The molecule has 22 heavy (non-hydrogen) atoms. The molecule has 1 fully saturated rings. The maximum absolute atomic E-state index is 12.0. The summed E-state index contributed by atoms with van der Waals surface area (Å²) in [6, 6.07) is 8.13. The molecular weight excluding hydrogens is 278 g/mol. The molecule has 0 aromatic heterocycles. The van der Waals surface area contributed by atoms with Crippen molar-refractivity contribution in [1.82, 2.24) is 5.32 Å². The van der Waals surface area contributed by atoms with Crippen LogP contribution in [0.25, 0.3) is 0 Å². The Labute approximate surface area is 133 Å². The van der Waals surface area contributed by atoms with Crippen LogP contribution in [0.3, 0.4) is 0 Å². The van der Waals surface area contributed by atoms with Crippen LogP contribution >= 0.6 is 0 Å². The van der Waals surface area contributed by atoms with E-state index in [2.05, 4.69) is 18.3 Å². The second kappa shape index (κ2) is 9.46. The quantitative estimate of drug-likeness (QED) is 0.751. The lowest BCUT2D eigenvalue weighted by Gasteiger charge is -2.21. The molecule has 4 heteroatoms. The Kier molecular flexibility index (Phi) is 7.23. The number of hydrogen-bond donors (Lipinski definition) is 1. The third-order valence-corrected chi connectivity index (χ3v) is 3.83. The van der Waals surface area contributed by atoms with E-state index in [1.165, 1.54) is 5.56 Å². The number of benzene rings is 1. The van der Waals surface area contributed by atoms with Gasteiger partial charge in [0.25, 0.3) is 0 Å². The molecule has 1 atom stereocenters. The van der Waals surface area contributed by atoms with Crippen LogP contribution in [0.1, 0.15) is 44.6 Å². The second-order valence-corrected chi connectivity index (χ2v) is 5.71. The molecule has 0 bridgehead atoms. The number of nitrogens with one attached hydrogen (secondary N) is 1. The molecule has 0 saturated carbocycles. The summed E-state index contributed by atoms with van der Waals surface area (Å²) in [5.41, 5.74) is 1.21. The Bertz CT molecular complexity index is 455. The van der Waals surface area contributed by atoms with E-state index in [1.807, 2.05) is 18.2 Å². The minimum atomic E-state index is -0.242. The van der Waals surface area contributed by atoms with Gasteiger partial charge >= 0.3 is 0 Å². The van der Waals surface area contributed by atoms with Gasteiger partial charge in [0.05, 0.1) is 6.61 Å². The number of carbonyl (C=O) groups is 1. The van der Waals surface area contributed by atoms with Crippen molar-refractivity contribution in [3.63, 3.8) is 0 Å². The maximum atomic E-state index is 12.0. The van der Waals surface area contributed by atoms with Crippen LogP contribution in [0.2, 0.25) is 0 Å². The fourth-order valence-corrected chi connectivity index (χ4v) is 2.61. The highest BCUT2D eigenvalue weighted by atomic mass is 16.5. The Morgan fingerprint density at radius 1 is 1.36 bits per heavy atom. The number of carbonyl (C=O) groups excluding carboxylic acids is 1. The van der Waals surface area contributed by atoms with Gasteiger partial charge in [-0.05, 0) is 50.2 Å². The van der Waals surface area contributed by atoms with E-state index in [0.717, 1.165) is 50.9 Å². The van der Waals surface area contributed by atoms with E-state index in [4.69, 9.17) is 9.47 Å². The first-order chi connectivity index (χ1) is 10.8. The average molecular weight is 305 g/mol. The zero-order valence-corrected chi connectivity index (χ0v) is 13.5. The highest BCUT2D eigenvalue weighted by Gasteiger charge is 2.21. The van der Waals surface area contributed by atoms with Crippen molar-refractivity contribution >= 4 is 5.91 Å². The number of rotatable bonds is 8. The van der Waals surface area contributed by atoms with Gasteiger partial charge in [-0.3, -0.25) is 4.79 Å². The van der Waals surface area contributed by atoms with Crippen LogP contribution in [0.15, 0.2) is 24.3 Å². The lowest BCUT2D eigenvalue weighted by molar-refractivity contribution is -0.135. The van der Waals surface area contributed by atoms with Crippen molar-refractivity contribution < 1.29 is 14.3 Å². The highest BCUT2D eigenvalue weighted by molar-refractivity contribution is 5.80. The van der Waals surface area contributed by atoms with Crippen LogP contribution in [0.4, 0.5) is 0 Å². The minimum absolute atomic E-state index is 0.0372. The van der Waals surface area contributed by atoms with E-state index in [1.54, 1.807) is 0 Å². The van der Waals surface area contributed by atoms with Crippen LogP contribution in [-0.2, 0) is 16.0 Å². The topological polar surface area (TPSA) is 47.6 Å². The van der Waals surface area contributed by atoms with Gasteiger partial charge in [0.1, 0.15) is 11.9 Å². The van der Waals surface area contributed by atoms with Gasteiger partial charge in [0, 0.05) is 13.2 Å². The summed E-state index contributed by atoms with van der Waals surface area (Å²) in [6.07, 6.45) is 5.58. The number of aryl methyl sites for hydroxylation is 1. The van der Waals surface area contributed by atoms with Gasteiger partial charge in [-0.2, -0.15) is 0 Å². The molecule has 1 saturated heterocycles. The largest absolute Gasteiger partial charge is 0.493 e. The Balaban J connectivity index is 1.71. The van der Waals surface area contributed by atoms with Crippen LogP contribution in [-0.4, -0.2) is 31.8 Å². The van der Waals surface area contributed by atoms with E-state index in [0.29, 0.717) is 13.2 Å². The third kappa shape index (κ3) is 5.34. The number of ether oxygens (including phenoxy) is 2. The first-order valence-corrected chi connectivity index (χ1v) is 8.41. The summed E-state index contributed by atoms with van der Waals surface area (Å²) in [4.78, 5) is 12.0. The maximum Gasteiger partial charge on any atom is 0.249 e. The normalized spacial score (nSPS) is 18.0. The van der Waals surface area contributed by atoms with Crippen molar-refractivity contribution in [3.05, 3.63) is 29.8 Å². The second-order valence-electron chi connectivity index (χ2n) is 5.71. The van der Waals surface area contributed by atoms with Gasteiger partial charge < -0.3 is 14.8 Å². The average Bonchev–Trinajstić information content (AvgIpc) is 2.58. The molecule has 1 aromatic rings. The summed E-state index contributed by atoms with van der Waals surface area (Å²) >= 11 is 0. The van der Waals surface area contributed by atoms with Crippen LogP contribution in [0.5, 0.6) is 5.75 Å².